The van der Waals surface area contributed by atoms with Crippen LogP contribution in [0.1, 0.15) is 31.4 Å². The van der Waals surface area contributed by atoms with Gasteiger partial charge in [-0.1, -0.05) is 31.5 Å². The summed E-state index contributed by atoms with van der Waals surface area (Å²) in [5.41, 5.74) is -0.423. The molecule has 32 heavy (non-hydrogen) atoms. The van der Waals surface area contributed by atoms with E-state index in [2.05, 4.69) is 0 Å². The quantitative estimate of drug-likeness (QED) is 0.474. The molecule has 1 unspecified atom stereocenters. The van der Waals surface area contributed by atoms with Gasteiger partial charge in [0, 0.05) is 24.3 Å². The second kappa shape index (κ2) is 9.48. The number of aliphatic carboxylic acids is 1. The Morgan fingerprint density at radius 1 is 1.19 bits per heavy atom. The predicted octanol–water partition coefficient (Wildman–Crippen LogP) is 5.71. The predicted molar refractivity (Wildman–Crippen MR) is 113 cm³/mol. The fourth-order valence-electron chi connectivity index (χ4n) is 3.52. The van der Waals surface area contributed by atoms with Crippen LogP contribution in [0.15, 0.2) is 36.4 Å². The van der Waals surface area contributed by atoms with Crippen molar-refractivity contribution in [3.8, 4) is 17.2 Å². The molecule has 0 radical (unpaired) electrons. The lowest BCUT2D eigenvalue weighted by Gasteiger charge is -2.27. The number of benzene rings is 2. The first-order chi connectivity index (χ1) is 15.0. The molecule has 0 aromatic heterocycles. The molecule has 1 heterocycles. The summed E-state index contributed by atoms with van der Waals surface area (Å²) >= 11 is 6.01. The van der Waals surface area contributed by atoms with Gasteiger partial charge < -0.3 is 19.3 Å². The molecule has 2 aromatic carbocycles. The third-order valence-corrected chi connectivity index (χ3v) is 5.58. The Labute approximate surface area is 189 Å². The van der Waals surface area contributed by atoms with Gasteiger partial charge in [0.15, 0.2) is 0 Å². The molecule has 0 saturated carbocycles. The maximum Gasteiger partial charge on any atom is 0.393 e. The number of hydrogen-bond donors (Lipinski definition) is 1. The van der Waals surface area contributed by atoms with Crippen molar-refractivity contribution in [1.29, 1.82) is 0 Å². The molecule has 0 amide bonds. The normalized spacial score (nSPS) is 17.7. The fraction of sp³-hybridized carbons (Fsp3) is 0.435. The van der Waals surface area contributed by atoms with E-state index < -0.39 is 24.2 Å². The van der Waals surface area contributed by atoms with Gasteiger partial charge in [-0.15, -0.1) is 0 Å². The molecule has 0 fully saturated rings. The van der Waals surface area contributed by atoms with Crippen LogP contribution in [0.4, 0.5) is 13.2 Å². The number of hydrogen-bond acceptors (Lipinski definition) is 4. The van der Waals surface area contributed by atoms with Crippen molar-refractivity contribution < 1.29 is 37.3 Å². The standard InChI is InChI=1S/C23H24ClF3O5/c1-14(2)22(21(28)29)13-16-11-17(5-7-19(16)32-22)30-8-3-9-31-20-6-4-15(10-18(20)24)12-23(25,26)27/h4-7,10-11,14H,3,8-9,12-13H2,1-2H3,(H,28,29). The van der Waals surface area contributed by atoms with Gasteiger partial charge in [-0.2, -0.15) is 13.2 Å². The monoisotopic (exact) mass is 472 g/mol. The third-order valence-electron chi connectivity index (χ3n) is 5.29. The average Bonchev–Trinajstić information content (AvgIpc) is 3.08. The molecular weight excluding hydrogens is 449 g/mol. The van der Waals surface area contributed by atoms with Crippen molar-refractivity contribution in [2.75, 3.05) is 13.2 Å². The summed E-state index contributed by atoms with van der Waals surface area (Å²) in [4.78, 5) is 11.8. The van der Waals surface area contributed by atoms with Crippen LogP contribution in [-0.2, 0) is 17.6 Å². The van der Waals surface area contributed by atoms with Gasteiger partial charge in [-0.05, 0) is 35.9 Å². The van der Waals surface area contributed by atoms with Crippen LogP contribution in [0.25, 0.3) is 0 Å². The lowest BCUT2D eigenvalue weighted by atomic mass is 9.86. The summed E-state index contributed by atoms with van der Waals surface area (Å²) in [6.07, 6.45) is -4.56. The average molecular weight is 473 g/mol. The number of rotatable bonds is 9. The summed E-state index contributed by atoms with van der Waals surface area (Å²) in [6.45, 7) is 4.22. The van der Waals surface area contributed by atoms with E-state index in [1.165, 1.54) is 18.2 Å². The Morgan fingerprint density at radius 2 is 1.91 bits per heavy atom. The van der Waals surface area contributed by atoms with E-state index in [0.717, 1.165) is 5.56 Å². The second-order valence-corrected chi connectivity index (χ2v) is 8.41. The van der Waals surface area contributed by atoms with Gasteiger partial charge in [0.25, 0.3) is 0 Å². The Balaban J connectivity index is 1.48. The number of alkyl halides is 3. The van der Waals surface area contributed by atoms with Gasteiger partial charge in [-0.3, -0.25) is 0 Å². The van der Waals surface area contributed by atoms with Crippen LogP contribution in [0.3, 0.4) is 0 Å². The Hall–Kier alpha value is -2.61. The fourth-order valence-corrected chi connectivity index (χ4v) is 3.78. The zero-order chi connectivity index (χ0) is 23.5. The molecule has 1 N–H and O–H groups in total. The second-order valence-electron chi connectivity index (χ2n) is 8.00. The van der Waals surface area contributed by atoms with Crippen molar-refractivity contribution >= 4 is 17.6 Å². The number of ether oxygens (including phenoxy) is 3. The minimum atomic E-state index is -4.30. The highest BCUT2D eigenvalue weighted by Gasteiger charge is 2.49. The zero-order valence-corrected chi connectivity index (χ0v) is 18.4. The highest BCUT2D eigenvalue weighted by Crippen LogP contribution is 2.41. The van der Waals surface area contributed by atoms with E-state index in [-0.39, 0.29) is 29.5 Å². The summed E-state index contributed by atoms with van der Waals surface area (Å²) in [7, 11) is 0. The SMILES string of the molecule is CC(C)C1(C(=O)O)Cc2cc(OCCCOc3ccc(CC(F)(F)F)cc3Cl)ccc2O1. The zero-order valence-electron chi connectivity index (χ0n) is 17.7. The van der Waals surface area contributed by atoms with Gasteiger partial charge in [0.05, 0.1) is 24.7 Å². The van der Waals surface area contributed by atoms with Crippen LogP contribution in [-0.4, -0.2) is 36.1 Å². The Kier molecular flexibility index (Phi) is 7.12. The lowest BCUT2D eigenvalue weighted by molar-refractivity contribution is -0.157. The number of halogens is 4. The van der Waals surface area contributed by atoms with E-state index in [9.17, 15) is 23.1 Å². The molecule has 5 nitrogen and oxygen atoms in total. The summed E-state index contributed by atoms with van der Waals surface area (Å²) in [5, 5.41) is 9.75. The Bertz CT molecular complexity index is 977. The summed E-state index contributed by atoms with van der Waals surface area (Å²) in [5.74, 6) is 0.245. The first-order valence-electron chi connectivity index (χ1n) is 10.2. The van der Waals surface area contributed by atoms with Gasteiger partial charge >= 0.3 is 12.1 Å². The van der Waals surface area contributed by atoms with Gasteiger partial charge in [0.2, 0.25) is 5.60 Å². The van der Waals surface area contributed by atoms with Crippen molar-refractivity contribution in [2.24, 2.45) is 5.92 Å². The van der Waals surface area contributed by atoms with Gasteiger partial charge in [0.1, 0.15) is 17.2 Å². The van der Waals surface area contributed by atoms with E-state index in [4.69, 9.17) is 25.8 Å². The number of fused-ring (bicyclic) bond motifs is 1. The molecule has 1 aliphatic heterocycles. The number of carboxylic acids is 1. The van der Waals surface area contributed by atoms with Crippen molar-refractivity contribution in [3.05, 3.63) is 52.5 Å². The van der Waals surface area contributed by atoms with Crippen molar-refractivity contribution in [3.63, 3.8) is 0 Å². The Morgan fingerprint density at radius 3 is 2.53 bits per heavy atom. The van der Waals surface area contributed by atoms with Crippen molar-refractivity contribution in [1.82, 2.24) is 0 Å². The van der Waals surface area contributed by atoms with Gasteiger partial charge in [-0.25, -0.2) is 4.79 Å². The molecule has 0 spiro atoms. The molecule has 1 atom stereocenters. The largest absolute Gasteiger partial charge is 0.493 e. The lowest BCUT2D eigenvalue weighted by Crippen LogP contribution is -2.48. The van der Waals surface area contributed by atoms with Crippen LogP contribution in [0, 0.1) is 5.92 Å². The highest BCUT2D eigenvalue weighted by molar-refractivity contribution is 6.32. The van der Waals surface area contributed by atoms with Crippen LogP contribution >= 0.6 is 11.6 Å². The molecule has 9 heteroatoms. The van der Waals surface area contributed by atoms with E-state index in [0.29, 0.717) is 30.3 Å². The molecule has 174 valence electrons. The minimum Gasteiger partial charge on any atom is -0.493 e. The van der Waals surface area contributed by atoms with E-state index in [1.807, 2.05) is 13.8 Å². The molecule has 0 saturated heterocycles. The smallest absolute Gasteiger partial charge is 0.393 e. The topological polar surface area (TPSA) is 65.0 Å². The molecule has 0 bridgehead atoms. The van der Waals surface area contributed by atoms with Crippen LogP contribution in [0.5, 0.6) is 17.2 Å². The van der Waals surface area contributed by atoms with Crippen LogP contribution < -0.4 is 14.2 Å². The van der Waals surface area contributed by atoms with E-state index in [1.54, 1.807) is 18.2 Å². The first kappa shape index (κ1) is 24.0. The first-order valence-corrected chi connectivity index (χ1v) is 10.5. The minimum absolute atomic E-state index is 0.0724. The number of carbonyl (C=O) groups is 1. The summed E-state index contributed by atoms with van der Waals surface area (Å²) in [6, 6.07) is 9.21. The number of carboxylic acid groups (broad SMARTS) is 1. The molecule has 0 aliphatic carbocycles. The third kappa shape index (κ3) is 5.59. The van der Waals surface area contributed by atoms with E-state index >= 15 is 0 Å². The molecule has 2 aromatic rings. The highest BCUT2D eigenvalue weighted by atomic mass is 35.5. The summed E-state index contributed by atoms with van der Waals surface area (Å²) < 4.78 is 54.4. The molecule has 3 rings (SSSR count). The molecular formula is C23H24ClF3O5. The maximum atomic E-state index is 12.5. The molecule has 1 aliphatic rings. The van der Waals surface area contributed by atoms with Crippen LogP contribution in [0.2, 0.25) is 5.02 Å². The van der Waals surface area contributed by atoms with Crippen molar-refractivity contribution in [2.45, 2.75) is 44.9 Å². The maximum absolute atomic E-state index is 12.5.